The molecule has 1 aliphatic rings. The first-order valence-corrected chi connectivity index (χ1v) is 9.45. The minimum Gasteiger partial charge on any atom is -0.352 e. The van der Waals surface area contributed by atoms with E-state index >= 15 is 0 Å². The van der Waals surface area contributed by atoms with Crippen LogP contribution in [0.25, 0.3) is 0 Å². The van der Waals surface area contributed by atoms with Crippen LogP contribution in [-0.2, 0) is 11.3 Å². The molecular weight excluding hydrogens is 312 g/mol. The minimum atomic E-state index is 0.165. The van der Waals surface area contributed by atoms with Gasteiger partial charge in [0.25, 0.3) is 0 Å². The summed E-state index contributed by atoms with van der Waals surface area (Å²) in [7, 11) is 3.87. The Bertz CT molecular complexity index is 579. The average molecular weight is 345 g/mol. The lowest BCUT2D eigenvalue weighted by molar-refractivity contribution is -0.119. The van der Waals surface area contributed by atoms with Gasteiger partial charge in [-0.15, -0.1) is 0 Å². The number of nitrogens with one attached hydrogen (secondary N) is 2. The Morgan fingerprint density at radius 1 is 1.32 bits per heavy atom. The molecule has 0 saturated heterocycles. The van der Waals surface area contributed by atoms with Gasteiger partial charge in [-0.3, -0.25) is 9.79 Å². The molecule has 1 aromatic carbocycles. The maximum atomic E-state index is 12.3. The zero-order valence-electron chi connectivity index (χ0n) is 15.8. The number of aliphatic imine (C=N–C) groups is 1. The van der Waals surface area contributed by atoms with Gasteiger partial charge < -0.3 is 15.5 Å². The number of benzene rings is 1. The summed E-state index contributed by atoms with van der Waals surface area (Å²) >= 11 is 0. The first-order valence-electron chi connectivity index (χ1n) is 9.45. The quantitative estimate of drug-likeness (QED) is 0.587. The fourth-order valence-electron chi connectivity index (χ4n) is 3.26. The van der Waals surface area contributed by atoms with E-state index in [1.165, 1.54) is 19.3 Å². The van der Waals surface area contributed by atoms with Gasteiger partial charge in [-0.25, -0.2) is 0 Å². The van der Waals surface area contributed by atoms with E-state index in [0.29, 0.717) is 6.54 Å². The molecule has 0 aliphatic heterocycles. The number of guanidine groups is 1. The van der Waals surface area contributed by atoms with Crippen LogP contribution in [0.5, 0.6) is 0 Å². The molecule has 0 spiro atoms. The second-order valence-corrected chi connectivity index (χ2v) is 6.85. The van der Waals surface area contributed by atoms with Crippen molar-refractivity contribution in [1.29, 1.82) is 0 Å². The first-order chi connectivity index (χ1) is 12.1. The molecular formula is C20H32N4O. The van der Waals surface area contributed by atoms with Crippen molar-refractivity contribution in [3.63, 3.8) is 0 Å². The summed E-state index contributed by atoms with van der Waals surface area (Å²) in [5, 5.41) is 6.46. The van der Waals surface area contributed by atoms with Crippen LogP contribution in [0.3, 0.4) is 0 Å². The monoisotopic (exact) mass is 344 g/mol. The van der Waals surface area contributed by atoms with Crippen LogP contribution in [0.4, 0.5) is 5.69 Å². The zero-order chi connectivity index (χ0) is 18.1. The lowest BCUT2D eigenvalue weighted by Crippen LogP contribution is -2.38. The molecule has 138 valence electrons. The molecule has 0 unspecified atom stereocenters. The normalized spacial score (nSPS) is 15.2. The number of hydrogen-bond donors (Lipinski definition) is 2. The van der Waals surface area contributed by atoms with Crippen molar-refractivity contribution in [2.24, 2.45) is 10.9 Å². The molecule has 0 aromatic heterocycles. The molecule has 25 heavy (non-hydrogen) atoms. The van der Waals surface area contributed by atoms with E-state index in [-0.39, 0.29) is 11.8 Å². The molecule has 1 aromatic rings. The second kappa shape index (κ2) is 10.1. The molecule has 5 nitrogen and oxygen atoms in total. The maximum Gasteiger partial charge on any atom is 0.227 e. The summed E-state index contributed by atoms with van der Waals surface area (Å²) in [6, 6.07) is 8.06. The summed E-state index contributed by atoms with van der Waals surface area (Å²) in [6.45, 7) is 3.87. The van der Waals surface area contributed by atoms with E-state index < -0.39 is 0 Å². The van der Waals surface area contributed by atoms with Gasteiger partial charge >= 0.3 is 0 Å². The van der Waals surface area contributed by atoms with Crippen LogP contribution < -0.4 is 10.6 Å². The molecule has 1 amide bonds. The minimum absolute atomic E-state index is 0.165. The molecule has 2 N–H and O–H groups in total. The van der Waals surface area contributed by atoms with E-state index in [9.17, 15) is 4.79 Å². The summed E-state index contributed by atoms with van der Waals surface area (Å²) in [4.78, 5) is 18.8. The molecule has 5 heteroatoms. The summed E-state index contributed by atoms with van der Waals surface area (Å²) in [6.07, 6.45) is 6.71. The highest BCUT2D eigenvalue weighted by Gasteiger charge is 2.22. The number of amides is 1. The Balaban J connectivity index is 1.88. The van der Waals surface area contributed by atoms with Crippen LogP contribution in [0.15, 0.2) is 29.3 Å². The van der Waals surface area contributed by atoms with Crippen molar-refractivity contribution in [2.75, 3.05) is 26.0 Å². The van der Waals surface area contributed by atoms with Crippen molar-refractivity contribution in [2.45, 2.75) is 52.0 Å². The Kier molecular flexibility index (Phi) is 7.76. The molecule has 1 saturated carbocycles. The van der Waals surface area contributed by atoms with Crippen molar-refractivity contribution in [1.82, 2.24) is 10.2 Å². The van der Waals surface area contributed by atoms with Crippen molar-refractivity contribution in [3.05, 3.63) is 29.8 Å². The Morgan fingerprint density at radius 3 is 2.76 bits per heavy atom. The number of hydrogen-bond acceptors (Lipinski definition) is 2. The van der Waals surface area contributed by atoms with Crippen molar-refractivity contribution in [3.8, 4) is 0 Å². The number of nitrogens with zero attached hydrogens (tertiary/aromatic N) is 2. The van der Waals surface area contributed by atoms with Gasteiger partial charge in [0.2, 0.25) is 5.91 Å². The summed E-state index contributed by atoms with van der Waals surface area (Å²) in [5.41, 5.74) is 2.01. The fourth-order valence-corrected chi connectivity index (χ4v) is 3.26. The SMILES string of the molecule is CCCCN(C)C(=NC)NCc1cccc(NC(=O)C2CCCC2)c1. The third kappa shape index (κ3) is 6.07. The average Bonchev–Trinajstić information content (AvgIpc) is 3.15. The summed E-state index contributed by atoms with van der Waals surface area (Å²) < 4.78 is 0. The largest absolute Gasteiger partial charge is 0.352 e. The molecule has 2 rings (SSSR count). The maximum absolute atomic E-state index is 12.3. The van der Waals surface area contributed by atoms with Crippen molar-refractivity contribution >= 4 is 17.6 Å². The van der Waals surface area contributed by atoms with Crippen LogP contribution in [0.1, 0.15) is 51.0 Å². The Labute approximate surface area is 151 Å². The van der Waals surface area contributed by atoms with Gasteiger partial charge in [-0.1, -0.05) is 38.3 Å². The molecule has 0 bridgehead atoms. The molecule has 1 fully saturated rings. The molecule has 0 heterocycles. The van der Waals surface area contributed by atoms with Gasteiger partial charge in [0.05, 0.1) is 0 Å². The van der Waals surface area contributed by atoms with Gasteiger partial charge in [-0.2, -0.15) is 0 Å². The number of rotatable bonds is 7. The van der Waals surface area contributed by atoms with Gasteiger partial charge in [0, 0.05) is 38.8 Å². The molecule has 0 atom stereocenters. The highest BCUT2D eigenvalue weighted by molar-refractivity contribution is 5.92. The Morgan fingerprint density at radius 2 is 2.08 bits per heavy atom. The van der Waals surface area contributed by atoms with E-state index in [1.807, 2.05) is 25.2 Å². The second-order valence-electron chi connectivity index (χ2n) is 6.85. The highest BCUT2D eigenvalue weighted by Crippen LogP contribution is 2.26. The lowest BCUT2D eigenvalue weighted by Gasteiger charge is -2.22. The number of anilines is 1. The van der Waals surface area contributed by atoms with E-state index in [4.69, 9.17) is 0 Å². The van der Waals surface area contributed by atoms with Gasteiger partial charge in [0.15, 0.2) is 5.96 Å². The Hall–Kier alpha value is -2.04. The highest BCUT2D eigenvalue weighted by atomic mass is 16.1. The van der Waals surface area contributed by atoms with E-state index in [0.717, 1.165) is 43.0 Å². The smallest absolute Gasteiger partial charge is 0.227 e. The predicted molar refractivity (Wildman–Crippen MR) is 105 cm³/mol. The van der Waals surface area contributed by atoms with Crippen molar-refractivity contribution < 1.29 is 4.79 Å². The molecule has 0 radical (unpaired) electrons. The number of carbonyl (C=O) groups excluding carboxylic acids is 1. The zero-order valence-corrected chi connectivity index (χ0v) is 15.8. The number of carbonyl (C=O) groups is 1. The first kappa shape index (κ1) is 19.3. The third-order valence-electron chi connectivity index (χ3n) is 4.79. The van der Waals surface area contributed by atoms with Crippen LogP contribution in [0.2, 0.25) is 0 Å². The molecule has 1 aliphatic carbocycles. The predicted octanol–water partition coefficient (Wildman–Crippen LogP) is 3.62. The van der Waals surface area contributed by atoms with Crippen LogP contribution in [0, 0.1) is 5.92 Å². The summed E-state index contributed by atoms with van der Waals surface area (Å²) in [5.74, 6) is 1.25. The van der Waals surface area contributed by atoms with E-state index in [1.54, 1.807) is 0 Å². The van der Waals surface area contributed by atoms with Crippen LogP contribution >= 0.6 is 0 Å². The third-order valence-corrected chi connectivity index (χ3v) is 4.79. The van der Waals surface area contributed by atoms with Crippen LogP contribution in [-0.4, -0.2) is 37.4 Å². The standard InChI is InChI=1S/C20H32N4O/c1-4-5-13-24(3)20(21-2)22-15-16-9-8-12-18(14-16)23-19(25)17-10-6-7-11-17/h8-9,12,14,17H,4-7,10-11,13,15H2,1-3H3,(H,21,22)(H,23,25). The lowest BCUT2D eigenvalue weighted by atomic mass is 10.1. The fraction of sp³-hybridized carbons (Fsp3) is 0.600. The number of unbranched alkanes of at least 4 members (excludes halogenated alkanes) is 1. The topological polar surface area (TPSA) is 56.7 Å². The van der Waals surface area contributed by atoms with Gasteiger partial charge in [0.1, 0.15) is 0 Å². The van der Waals surface area contributed by atoms with Gasteiger partial charge in [-0.05, 0) is 37.0 Å². The van der Waals surface area contributed by atoms with E-state index in [2.05, 4.69) is 40.6 Å².